The highest BCUT2D eigenvalue weighted by molar-refractivity contribution is 9.10. The van der Waals surface area contributed by atoms with Gasteiger partial charge in [-0.05, 0) is 25.1 Å². The number of sulfonamides is 1. The molecule has 0 fully saturated rings. The van der Waals surface area contributed by atoms with Gasteiger partial charge in [0, 0.05) is 15.7 Å². The fraction of sp³-hybridized carbons (Fsp3) is 0.222. The minimum absolute atomic E-state index is 0.151. The highest BCUT2D eigenvalue weighted by Crippen LogP contribution is 2.17. The summed E-state index contributed by atoms with van der Waals surface area (Å²) in [6, 6.07) is 4.52. The number of hydrogen-bond acceptors (Lipinski definition) is 4. The molecule has 16 heavy (non-hydrogen) atoms. The van der Waals surface area contributed by atoms with E-state index >= 15 is 0 Å². The quantitative estimate of drug-likeness (QED) is 0.819. The van der Waals surface area contributed by atoms with Crippen LogP contribution in [-0.2, 0) is 10.0 Å². The summed E-state index contributed by atoms with van der Waals surface area (Å²) in [5, 5.41) is 0. The molecule has 88 valence electrons. The van der Waals surface area contributed by atoms with Crippen LogP contribution in [0.5, 0.6) is 0 Å². The molecular formula is C9H11BrN2O3S. The Labute approximate surface area is 102 Å². The van der Waals surface area contributed by atoms with Gasteiger partial charge in [-0.25, -0.2) is 13.1 Å². The van der Waals surface area contributed by atoms with Crippen molar-refractivity contribution in [3.63, 3.8) is 0 Å². The van der Waals surface area contributed by atoms with Gasteiger partial charge in [0.15, 0.2) is 0 Å². The molecule has 0 bridgehead atoms. The molecule has 7 heteroatoms. The van der Waals surface area contributed by atoms with Gasteiger partial charge in [0.25, 0.3) is 5.91 Å². The molecule has 1 amide bonds. The summed E-state index contributed by atoms with van der Waals surface area (Å²) in [4.78, 5) is 11.6. The number of benzene rings is 1. The number of nitrogens with two attached hydrogens (primary N) is 1. The van der Waals surface area contributed by atoms with E-state index in [1.54, 1.807) is 6.07 Å². The summed E-state index contributed by atoms with van der Waals surface area (Å²) in [6.07, 6.45) is 0. The van der Waals surface area contributed by atoms with Crippen LogP contribution in [-0.4, -0.2) is 20.1 Å². The SMILES string of the molecule is CCS(=O)(=O)NC(=O)c1cc(N)cc(Br)c1. The van der Waals surface area contributed by atoms with E-state index in [0.717, 1.165) is 0 Å². The minimum atomic E-state index is -3.55. The van der Waals surface area contributed by atoms with Crippen molar-refractivity contribution in [3.8, 4) is 0 Å². The molecule has 0 saturated heterocycles. The van der Waals surface area contributed by atoms with Crippen LogP contribution < -0.4 is 10.5 Å². The van der Waals surface area contributed by atoms with Crippen LogP contribution in [0.25, 0.3) is 0 Å². The summed E-state index contributed by atoms with van der Waals surface area (Å²) in [6.45, 7) is 1.45. The van der Waals surface area contributed by atoms with Crippen molar-refractivity contribution in [2.45, 2.75) is 6.92 Å². The van der Waals surface area contributed by atoms with Gasteiger partial charge in [0.2, 0.25) is 10.0 Å². The van der Waals surface area contributed by atoms with Crippen LogP contribution in [0.4, 0.5) is 5.69 Å². The first kappa shape index (κ1) is 13.0. The molecule has 0 aliphatic carbocycles. The zero-order valence-electron chi connectivity index (χ0n) is 8.53. The Kier molecular flexibility index (Phi) is 3.93. The van der Waals surface area contributed by atoms with E-state index in [2.05, 4.69) is 15.9 Å². The van der Waals surface area contributed by atoms with E-state index in [9.17, 15) is 13.2 Å². The van der Waals surface area contributed by atoms with Crippen molar-refractivity contribution < 1.29 is 13.2 Å². The van der Waals surface area contributed by atoms with Crippen molar-refractivity contribution in [2.24, 2.45) is 0 Å². The lowest BCUT2D eigenvalue weighted by Gasteiger charge is -2.05. The number of anilines is 1. The normalized spacial score (nSPS) is 11.1. The molecule has 0 aliphatic rings. The number of rotatable bonds is 3. The van der Waals surface area contributed by atoms with Crippen LogP contribution in [0.2, 0.25) is 0 Å². The van der Waals surface area contributed by atoms with Crippen LogP contribution in [0.1, 0.15) is 17.3 Å². The smallest absolute Gasteiger partial charge is 0.264 e. The first-order chi connectivity index (χ1) is 7.34. The summed E-state index contributed by atoms with van der Waals surface area (Å²) < 4.78 is 24.9. The predicted octanol–water partition coefficient (Wildman–Crippen LogP) is 1.11. The third kappa shape index (κ3) is 3.49. The zero-order chi connectivity index (χ0) is 12.3. The second kappa shape index (κ2) is 4.84. The molecule has 1 aromatic carbocycles. The van der Waals surface area contributed by atoms with Crippen molar-refractivity contribution in [3.05, 3.63) is 28.2 Å². The topological polar surface area (TPSA) is 89.3 Å². The van der Waals surface area contributed by atoms with Gasteiger partial charge in [-0.15, -0.1) is 0 Å². The highest BCUT2D eigenvalue weighted by atomic mass is 79.9. The molecule has 0 spiro atoms. The van der Waals surface area contributed by atoms with Crippen molar-refractivity contribution in [1.82, 2.24) is 4.72 Å². The van der Waals surface area contributed by atoms with Gasteiger partial charge in [0.1, 0.15) is 0 Å². The molecular weight excluding hydrogens is 296 g/mol. The van der Waals surface area contributed by atoms with E-state index in [-0.39, 0.29) is 11.3 Å². The molecule has 0 saturated carbocycles. The van der Waals surface area contributed by atoms with Crippen molar-refractivity contribution in [2.75, 3.05) is 11.5 Å². The van der Waals surface area contributed by atoms with Crippen molar-refractivity contribution >= 4 is 37.5 Å². The third-order valence-electron chi connectivity index (χ3n) is 1.81. The summed E-state index contributed by atoms with van der Waals surface area (Å²) in [7, 11) is -3.55. The van der Waals surface area contributed by atoms with Crippen LogP contribution in [0, 0.1) is 0 Å². The van der Waals surface area contributed by atoms with E-state index in [1.807, 2.05) is 4.72 Å². The molecule has 0 heterocycles. The number of carbonyl (C=O) groups excluding carboxylic acids is 1. The Balaban J connectivity index is 2.98. The van der Waals surface area contributed by atoms with E-state index in [1.165, 1.54) is 19.1 Å². The Bertz CT molecular complexity index is 493. The van der Waals surface area contributed by atoms with Crippen LogP contribution in [0.3, 0.4) is 0 Å². The molecule has 1 rings (SSSR count). The molecule has 1 aromatic rings. The Morgan fingerprint density at radius 1 is 1.44 bits per heavy atom. The van der Waals surface area contributed by atoms with Gasteiger partial charge < -0.3 is 5.73 Å². The number of hydrogen-bond donors (Lipinski definition) is 2. The number of nitrogen functional groups attached to an aromatic ring is 1. The molecule has 0 aliphatic heterocycles. The second-order valence-corrected chi connectivity index (χ2v) is 6.03. The Hall–Kier alpha value is -1.08. The second-order valence-electron chi connectivity index (χ2n) is 3.11. The zero-order valence-corrected chi connectivity index (χ0v) is 10.9. The number of carbonyl (C=O) groups is 1. The molecule has 0 unspecified atom stereocenters. The number of nitrogens with one attached hydrogen (secondary N) is 1. The summed E-state index contributed by atoms with van der Waals surface area (Å²) in [5.41, 5.74) is 6.11. The summed E-state index contributed by atoms with van der Waals surface area (Å²) >= 11 is 3.17. The highest BCUT2D eigenvalue weighted by Gasteiger charge is 2.14. The maximum Gasteiger partial charge on any atom is 0.264 e. The number of halogens is 1. The minimum Gasteiger partial charge on any atom is -0.399 e. The van der Waals surface area contributed by atoms with Gasteiger partial charge in [-0.1, -0.05) is 15.9 Å². The monoisotopic (exact) mass is 306 g/mol. The van der Waals surface area contributed by atoms with Crippen molar-refractivity contribution in [1.29, 1.82) is 0 Å². The average molecular weight is 307 g/mol. The largest absolute Gasteiger partial charge is 0.399 e. The van der Waals surface area contributed by atoms with E-state index in [4.69, 9.17) is 5.73 Å². The lowest BCUT2D eigenvalue weighted by Crippen LogP contribution is -2.31. The Morgan fingerprint density at radius 2 is 2.06 bits per heavy atom. The van der Waals surface area contributed by atoms with Gasteiger partial charge in [-0.3, -0.25) is 4.79 Å². The predicted molar refractivity (Wildman–Crippen MR) is 65.5 cm³/mol. The molecule has 3 N–H and O–H groups in total. The lowest BCUT2D eigenvalue weighted by atomic mass is 10.2. The maximum atomic E-state index is 11.6. The van der Waals surface area contributed by atoms with E-state index < -0.39 is 15.9 Å². The number of amides is 1. The van der Waals surface area contributed by atoms with Crippen LogP contribution in [0.15, 0.2) is 22.7 Å². The van der Waals surface area contributed by atoms with Gasteiger partial charge in [0.05, 0.1) is 5.75 Å². The molecule has 0 aromatic heterocycles. The third-order valence-corrected chi connectivity index (χ3v) is 3.52. The first-order valence-electron chi connectivity index (χ1n) is 4.45. The maximum absolute atomic E-state index is 11.6. The summed E-state index contributed by atoms with van der Waals surface area (Å²) in [5.74, 6) is -0.836. The lowest BCUT2D eigenvalue weighted by molar-refractivity contribution is 0.0981. The van der Waals surface area contributed by atoms with Gasteiger partial charge in [-0.2, -0.15) is 0 Å². The Morgan fingerprint density at radius 3 is 2.56 bits per heavy atom. The van der Waals surface area contributed by atoms with Crippen LogP contribution >= 0.6 is 15.9 Å². The molecule has 0 atom stereocenters. The fourth-order valence-electron chi connectivity index (χ4n) is 1.02. The molecule has 0 radical (unpaired) electrons. The molecule has 5 nitrogen and oxygen atoms in total. The fourth-order valence-corrected chi connectivity index (χ4v) is 2.07. The van der Waals surface area contributed by atoms with E-state index in [0.29, 0.717) is 10.2 Å². The van der Waals surface area contributed by atoms with Gasteiger partial charge >= 0.3 is 0 Å². The average Bonchev–Trinajstić information content (AvgIpc) is 2.15. The standard InChI is InChI=1S/C9H11BrN2O3S/c1-2-16(14,15)12-9(13)6-3-7(10)5-8(11)4-6/h3-5H,2,11H2,1H3,(H,12,13). The first-order valence-corrected chi connectivity index (χ1v) is 6.89.